The van der Waals surface area contributed by atoms with Crippen molar-refractivity contribution in [2.45, 2.75) is 57.1 Å². The minimum Gasteiger partial charge on any atom is -0.378 e. The van der Waals surface area contributed by atoms with Crippen molar-refractivity contribution >= 4 is 0 Å². The number of nitrogens with one attached hydrogen (secondary N) is 1. The van der Waals surface area contributed by atoms with Gasteiger partial charge in [-0.2, -0.15) is 0 Å². The van der Waals surface area contributed by atoms with Crippen molar-refractivity contribution in [2.75, 3.05) is 13.7 Å². The molecule has 82 valence electrons. The molecule has 2 fully saturated rings. The molecular weight excluding hydrogens is 174 g/mol. The SMILES string of the molecule is CNC1CCCC1CCC1CCCO1. The van der Waals surface area contributed by atoms with Crippen LogP contribution in [-0.2, 0) is 4.74 Å². The fourth-order valence-corrected chi connectivity index (χ4v) is 3.03. The Hall–Kier alpha value is -0.0800. The average Bonchev–Trinajstić information content (AvgIpc) is 2.85. The highest BCUT2D eigenvalue weighted by Gasteiger charge is 2.27. The van der Waals surface area contributed by atoms with Crippen LogP contribution in [0.1, 0.15) is 44.9 Å². The molecule has 0 aromatic rings. The van der Waals surface area contributed by atoms with Crippen LogP contribution < -0.4 is 5.32 Å². The zero-order valence-corrected chi connectivity index (χ0v) is 9.30. The lowest BCUT2D eigenvalue weighted by atomic mass is 9.95. The second kappa shape index (κ2) is 5.13. The lowest BCUT2D eigenvalue weighted by Gasteiger charge is -2.20. The van der Waals surface area contributed by atoms with Crippen molar-refractivity contribution in [1.82, 2.24) is 5.32 Å². The van der Waals surface area contributed by atoms with E-state index in [0.29, 0.717) is 6.10 Å². The van der Waals surface area contributed by atoms with E-state index in [4.69, 9.17) is 4.74 Å². The van der Waals surface area contributed by atoms with Gasteiger partial charge in [-0.05, 0) is 51.5 Å². The molecule has 3 unspecified atom stereocenters. The fourth-order valence-electron chi connectivity index (χ4n) is 3.03. The second-order valence-electron chi connectivity index (χ2n) is 4.80. The van der Waals surface area contributed by atoms with Crippen LogP contribution in [0.4, 0.5) is 0 Å². The van der Waals surface area contributed by atoms with E-state index in [-0.39, 0.29) is 0 Å². The number of rotatable bonds is 4. The molecule has 1 aliphatic carbocycles. The van der Waals surface area contributed by atoms with Crippen molar-refractivity contribution in [3.8, 4) is 0 Å². The van der Waals surface area contributed by atoms with E-state index in [1.165, 1.54) is 44.9 Å². The summed E-state index contributed by atoms with van der Waals surface area (Å²) in [6.45, 7) is 1.00. The van der Waals surface area contributed by atoms with Crippen LogP contribution in [-0.4, -0.2) is 25.8 Å². The molecule has 0 spiro atoms. The first kappa shape index (κ1) is 10.4. The maximum atomic E-state index is 5.66. The zero-order valence-electron chi connectivity index (χ0n) is 9.30. The highest BCUT2D eigenvalue weighted by molar-refractivity contribution is 4.82. The standard InChI is InChI=1S/C12H23NO/c1-13-12-6-2-4-10(12)7-8-11-5-3-9-14-11/h10-13H,2-9H2,1H3. The van der Waals surface area contributed by atoms with Gasteiger partial charge >= 0.3 is 0 Å². The van der Waals surface area contributed by atoms with Crippen LogP contribution in [0.2, 0.25) is 0 Å². The Kier molecular flexibility index (Phi) is 3.82. The van der Waals surface area contributed by atoms with Gasteiger partial charge in [0.1, 0.15) is 0 Å². The molecule has 1 aliphatic heterocycles. The van der Waals surface area contributed by atoms with Crippen molar-refractivity contribution in [1.29, 1.82) is 0 Å². The van der Waals surface area contributed by atoms with E-state index >= 15 is 0 Å². The maximum Gasteiger partial charge on any atom is 0.0576 e. The third kappa shape index (κ3) is 2.48. The Labute approximate surface area is 87.4 Å². The van der Waals surface area contributed by atoms with Crippen LogP contribution in [0.25, 0.3) is 0 Å². The second-order valence-corrected chi connectivity index (χ2v) is 4.80. The summed E-state index contributed by atoms with van der Waals surface area (Å²) in [5, 5.41) is 3.45. The molecule has 3 atom stereocenters. The fraction of sp³-hybridized carbons (Fsp3) is 1.00. The first-order chi connectivity index (χ1) is 6.90. The highest BCUT2D eigenvalue weighted by atomic mass is 16.5. The highest BCUT2D eigenvalue weighted by Crippen LogP contribution is 2.31. The predicted molar refractivity (Wildman–Crippen MR) is 58.4 cm³/mol. The average molecular weight is 197 g/mol. The number of ether oxygens (including phenoxy) is 1. The summed E-state index contributed by atoms with van der Waals surface area (Å²) in [7, 11) is 2.11. The lowest BCUT2D eigenvalue weighted by molar-refractivity contribution is 0.0971. The van der Waals surface area contributed by atoms with Gasteiger partial charge in [0.25, 0.3) is 0 Å². The quantitative estimate of drug-likeness (QED) is 0.747. The van der Waals surface area contributed by atoms with E-state index in [9.17, 15) is 0 Å². The van der Waals surface area contributed by atoms with E-state index in [2.05, 4.69) is 12.4 Å². The van der Waals surface area contributed by atoms with E-state index in [1.807, 2.05) is 0 Å². The van der Waals surface area contributed by atoms with Crippen molar-refractivity contribution in [2.24, 2.45) is 5.92 Å². The Bertz CT molecular complexity index is 166. The Morgan fingerprint density at radius 3 is 2.79 bits per heavy atom. The maximum absolute atomic E-state index is 5.66. The third-order valence-electron chi connectivity index (χ3n) is 3.91. The molecule has 1 saturated heterocycles. The minimum atomic E-state index is 0.591. The molecule has 1 saturated carbocycles. The molecule has 2 rings (SSSR count). The summed E-state index contributed by atoms with van der Waals surface area (Å²) >= 11 is 0. The molecule has 0 aromatic carbocycles. The van der Waals surface area contributed by atoms with Crippen LogP contribution in [0.3, 0.4) is 0 Å². The Morgan fingerprint density at radius 2 is 2.07 bits per heavy atom. The minimum absolute atomic E-state index is 0.591. The topological polar surface area (TPSA) is 21.3 Å². The van der Waals surface area contributed by atoms with Crippen molar-refractivity contribution in [3.05, 3.63) is 0 Å². The molecule has 1 heterocycles. The summed E-state index contributed by atoms with van der Waals surface area (Å²) < 4.78 is 5.66. The molecule has 1 N–H and O–H groups in total. The van der Waals surface area contributed by atoms with Crippen molar-refractivity contribution < 1.29 is 4.74 Å². The van der Waals surface area contributed by atoms with Crippen LogP contribution in [0.5, 0.6) is 0 Å². The molecule has 0 aromatic heterocycles. The summed E-state index contributed by atoms with van der Waals surface area (Å²) in [6.07, 6.45) is 10.1. The lowest BCUT2D eigenvalue weighted by Crippen LogP contribution is -2.29. The molecule has 0 radical (unpaired) electrons. The normalized spacial score (nSPS) is 37.9. The molecule has 0 bridgehead atoms. The van der Waals surface area contributed by atoms with Gasteiger partial charge in [-0.15, -0.1) is 0 Å². The van der Waals surface area contributed by atoms with E-state index in [0.717, 1.165) is 18.6 Å². The molecule has 2 aliphatic rings. The van der Waals surface area contributed by atoms with E-state index in [1.54, 1.807) is 0 Å². The monoisotopic (exact) mass is 197 g/mol. The molecule has 2 nitrogen and oxygen atoms in total. The van der Waals surface area contributed by atoms with Gasteiger partial charge in [0.05, 0.1) is 6.10 Å². The van der Waals surface area contributed by atoms with Crippen LogP contribution in [0, 0.1) is 5.92 Å². The van der Waals surface area contributed by atoms with Gasteiger partial charge in [-0.3, -0.25) is 0 Å². The zero-order chi connectivity index (χ0) is 9.80. The van der Waals surface area contributed by atoms with Gasteiger partial charge in [0.15, 0.2) is 0 Å². The molecule has 2 heteroatoms. The number of hydrogen-bond donors (Lipinski definition) is 1. The summed E-state index contributed by atoms with van der Waals surface area (Å²) in [6, 6.07) is 0.788. The van der Waals surface area contributed by atoms with Gasteiger partial charge in [-0.25, -0.2) is 0 Å². The van der Waals surface area contributed by atoms with Gasteiger partial charge in [-0.1, -0.05) is 6.42 Å². The predicted octanol–water partition coefficient (Wildman–Crippen LogP) is 2.33. The molecular formula is C12H23NO. The smallest absolute Gasteiger partial charge is 0.0576 e. The third-order valence-corrected chi connectivity index (χ3v) is 3.91. The van der Waals surface area contributed by atoms with E-state index < -0.39 is 0 Å². The largest absolute Gasteiger partial charge is 0.378 e. The van der Waals surface area contributed by atoms with Crippen LogP contribution in [0.15, 0.2) is 0 Å². The van der Waals surface area contributed by atoms with Crippen molar-refractivity contribution in [3.63, 3.8) is 0 Å². The first-order valence-corrected chi connectivity index (χ1v) is 6.19. The molecule has 14 heavy (non-hydrogen) atoms. The Balaban J connectivity index is 1.68. The summed E-state index contributed by atoms with van der Waals surface area (Å²) in [4.78, 5) is 0. The van der Waals surface area contributed by atoms with Gasteiger partial charge < -0.3 is 10.1 Å². The summed E-state index contributed by atoms with van der Waals surface area (Å²) in [5.74, 6) is 0.921. The van der Waals surface area contributed by atoms with Crippen LogP contribution >= 0.6 is 0 Å². The Morgan fingerprint density at radius 1 is 1.14 bits per heavy atom. The van der Waals surface area contributed by atoms with Gasteiger partial charge in [0.2, 0.25) is 0 Å². The first-order valence-electron chi connectivity index (χ1n) is 6.19. The number of hydrogen-bond acceptors (Lipinski definition) is 2. The summed E-state index contributed by atoms with van der Waals surface area (Å²) in [5.41, 5.74) is 0. The van der Waals surface area contributed by atoms with Gasteiger partial charge in [0, 0.05) is 12.6 Å². The molecule has 0 amide bonds.